The van der Waals surface area contributed by atoms with Crippen molar-refractivity contribution in [3.8, 4) is 0 Å². The highest BCUT2D eigenvalue weighted by atomic mass is 16.5. The summed E-state index contributed by atoms with van der Waals surface area (Å²) in [4.78, 5) is 2.66. The maximum atomic E-state index is 5.74. The first kappa shape index (κ1) is 18.4. The number of hydrogen-bond donors (Lipinski definition) is 0. The fourth-order valence-corrected chi connectivity index (χ4v) is 9.17. The second-order valence-corrected chi connectivity index (χ2v) is 10.9. The topological polar surface area (TPSA) is 12.5 Å². The predicted molar refractivity (Wildman–Crippen MR) is 112 cm³/mol. The number of hydrogen-bond acceptors (Lipinski definition) is 2. The number of likely N-dealkylation sites (tertiary alicyclic amines) is 1. The van der Waals surface area contributed by atoms with Crippen LogP contribution in [0.15, 0.2) is 24.3 Å². The smallest absolute Gasteiger partial charge is 0.0608 e. The molecule has 1 spiro atoms. The number of rotatable bonds is 2. The third-order valence-corrected chi connectivity index (χ3v) is 10.7. The van der Waals surface area contributed by atoms with Gasteiger partial charge in [0.05, 0.1) is 6.10 Å². The van der Waals surface area contributed by atoms with Crippen LogP contribution in [0.2, 0.25) is 0 Å². The second kappa shape index (κ2) is 5.95. The van der Waals surface area contributed by atoms with E-state index in [1.165, 1.54) is 57.9 Å². The Hall–Kier alpha value is -0.600. The van der Waals surface area contributed by atoms with E-state index in [0.717, 1.165) is 17.8 Å². The monoisotopic (exact) mass is 369 g/mol. The van der Waals surface area contributed by atoms with Crippen molar-refractivity contribution in [2.75, 3.05) is 20.7 Å². The lowest BCUT2D eigenvalue weighted by molar-refractivity contribution is -0.0620. The van der Waals surface area contributed by atoms with Gasteiger partial charge in [-0.05, 0) is 93.9 Å². The molecule has 3 unspecified atom stereocenters. The third kappa shape index (κ3) is 2.10. The molecule has 0 bridgehead atoms. The molecular formula is C25H39NO. The number of nitrogens with zero attached hydrogens (tertiary/aromatic N) is 1. The summed E-state index contributed by atoms with van der Waals surface area (Å²) in [5.74, 6) is 2.69. The Balaban J connectivity index is 1.51. The zero-order valence-corrected chi connectivity index (χ0v) is 18.0. The fourth-order valence-electron chi connectivity index (χ4n) is 9.17. The Morgan fingerprint density at radius 1 is 1.19 bits per heavy atom. The van der Waals surface area contributed by atoms with Crippen molar-refractivity contribution in [1.29, 1.82) is 0 Å². The van der Waals surface area contributed by atoms with Gasteiger partial charge in [0.15, 0.2) is 0 Å². The summed E-state index contributed by atoms with van der Waals surface area (Å²) < 4.78 is 5.74. The summed E-state index contributed by atoms with van der Waals surface area (Å²) in [5.41, 5.74) is 3.03. The minimum atomic E-state index is 0.357. The van der Waals surface area contributed by atoms with Crippen LogP contribution in [0.4, 0.5) is 0 Å². The summed E-state index contributed by atoms with van der Waals surface area (Å²) in [7, 11) is 4.26. The standard InChI is InChI=1S/C25H39NO/c1-6-24-13-11-22-20-8-7-18-15-19(27-5)9-12-23(18,3)21(20)10-14-25(22,24)16-26(4)17(24)2/h6-7,17,19-22H,1,8-16H2,2-5H3/t17-,19-,20+,21-,22?,23?,24+,25?/m0/s1. The first-order chi connectivity index (χ1) is 12.9. The largest absolute Gasteiger partial charge is 0.381 e. The van der Waals surface area contributed by atoms with E-state index < -0.39 is 0 Å². The molecule has 0 aromatic rings. The minimum Gasteiger partial charge on any atom is -0.381 e. The summed E-state index contributed by atoms with van der Waals surface area (Å²) in [6.45, 7) is 10.8. The molecule has 1 aliphatic heterocycles. The normalized spacial score (nSPS) is 54.5. The van der Waals surface area contributed by atoms with Crippen molar-refractivity contribution in [3.05, 3.63) is 24.3 Å². The average Bonchev–Trinajstić information content (AvgIpc) is 3.10. The summed E-state index contributed by atoms with van der Waals surface area (Å²) >= 11 is 0. The zero-order valence-electron chi connectivity index (χ0n) is 18.0. The molecule has 1 heterocycles. The molecular weight excluding hydrogens is 330 g/mol. The molecule has 150 valence electrons. The quantitative estimate of drug-likeness (QED) is 0.600. The molecule has 2 heteroatoms. The maximum Gasteiger partial charge on any atom is 0.0608 e. The lowest BCUT2D eigenvalue weighted by Crippen LogP contribution is -2.53. The van der Waals surface area contributed by atoms with Crippen LogP contribution in [0.25, 0.3) is 0 Å². The van der Waals surface area contributed by atoms with Gasteiger partial charge in [-0.25, -0.2) is 0 Å². The van der Waals surface area contributed by atoms with Gasteiger partial charge in [0.2, 0.25) is 0 Å². The van der Waals surface area contributed by atoms with Crippen LogP contribution in [0.5, 0.6) is 0 Å². The predicted octanol–water partition coefficient (Wildman–Crippen LogP) is 5.45. The van der Waals surface area contributed by atoms with Gasteiger partial charge >= 0.3 is 0 Å². The van der Waals surface area contributed by atoms with Crippen molar-refractivity contribution < 1.29 is 4.74 Å². The van der Waals surface area contributed by atoms with Gasteiger partial charge in [-0.1, -0.05) is 24.6 Å². The molecule has 1 saturated heterocycles. The SMILES string of the molecule is C=C[C@]12CCC3[C@@H]4CC=C5C[C@@H](OC)CCC5(C)[C@H]4CCC31CN(C)[C@H]2C. The number of ether oxygens (including phenoxy) is 1. The van der Waals surface area contributed by atoms with Crippen molar-refractivity contribution in [1.82, 2.24) is 4.90 Å². The van der Waals surface area contributed by atoms with Crippen LogP contribution >= 0.6 is 0 Å². The van der Waals surface area contributed by atoms with Crippen LogP contribution in [0.1, 0.15) is 65.2 Å². The van der Waals surface area contributed by atoms with E-state index >= 15 is 0 Å². The Bertz CT molecular complexity index is 669. The van der Waals surface area contributed by atoms with Crippen LogP contribution in [0.3, 0.4) is 0 Å². The van der Waals surface area contributed by atoms with Crippen LogP contribution in [-0.2, 0) is 4.74 Å². The molecule has 0 aromatic heterocycles. The van der Waals surface area contributed by atoms with E-state index in [4.69, 9.17) is 4.74 Å². The van der Waals surface area contributed by atoms with Gasteiger partial charge in [0.1, 0.15) is 0 Å². The summed E-state index contributed by atoms with van der Waals surface area (Å²) in [6, 6.07) is 0.652. The molecule has 4 aliphatic carbocycles. The number of allylic oxidation sites excluding steroid dienone is 1. The van der Waals surface area contributed by atoms with Gasteiger partial charge in [0, 0.05) is 25.1 Å². The molecule has 0 N–H and O–H groups in total. The van der Waals surface area contributed by atoms with Crippen LogP contribution in [-0.4, -0.2) is 37.7 Å². The highest BCUT2D eigenvalue weighted by Crippen LogP contribution is 2.73. The molecule has 5 aliphatic rings. The molecule has 4 fully saturated rings. The van der Waals surface area contributed by atoms with E-state index in [0.29, 0.717) is 28.4 Å². The highest BCUT2D eigenvalue weighted by Gasteiger charge is 2.69. The molecule has 0 radical (unpaired) electrons. The van der Waals surface area contributed by atoms with Crippen LogP contribution in [0, 0.1) is 34.0 Å². The van der Waals surface area contributed by atoms with Gasteiger partial charge < -0.3 is 9.64 Å². The Labute approximate surface area is 166 Å². The fraction of sp³-hybridized carbons (Fsp3) is 0.840. The summed E-state index contributed by atoms with van der Waals surface area (Å²) in [6.07, 6.45) is 16.3. The second-order valence-electron chi connectivity index (χ2n) is 10.9. The van der Waals surface area contributed by atoms with E-state index in [-0.39, 0.29) is 0 Å². The molecule has 8 atom stereocenters. The molecule has 0 aromatic carbocycles. The Kier molecular flexibility index (Phi) is 4.06. The first-order valence-electron chi connectivity index (χ1n) is 11.5. The summed E-state index contributed by atoms with van der Waals surface area (Å²) in [5, 5.41) is 0. The van der Waals surface area contributed by atoms with E-state index in [1.54, 1.807) is 5.57 Å². The van der Waals surface area contributed by atoms with Crippen molar-refractivity contribution in [2.24, 2.45) is 34.0 Å². The minimum absolute atomic E-state index is 0.357. The number of fused-ring (bicyclic) bond motifs is 4. The zero-order chi connectivity index (χ0) is 19.0. The number of methoxy groups -OCH3 is 1. The van der Waals surface area contributed by atoms with E-state index in [9.17, 15) is 0 Å². The van der Waals surface area contributed by atoms with Gasteiger partial charge in [0.25, 0.3) is 0 Å². The molecule has 0 amide bonds. The van der Waals surface area contributed by atoms with Gasteiger partial charge in [-0.2, -0.15) is 0 Å². The van der Waals surface area contributed by atoms with Gasteiger partial charge in [-0.3, -0.25) is 0 Å². The van der Waals surface area contributed by atoms with E-state index in [1.807, 2.05) is 7.11 Å². The average molecular weight is 370 g/mol. The molecule has 2 nitrogen and oxygen atoms in total. The Morgan fingerprint density at radius 3 is 2.70 bits per heavy atom. The molecule has 27 heavy (non-hydrogen) atoms. The highest BCUT2D eigenvalue weighted by molar-refractivity contribution is 5.30. The van der Waals surface area contributed by atoms with Crippen molar-refractivity contribution >= 4 is 0 Å². The van der Waals surface area contributed by atoms with Crippen molar-refractivity contribution in [2.45, 2.75) is 77.4 Å². The lowest BCUT2D eigenvalue weighted by atomic mass is 9.45. The molecule has 5 rings (SSSR count). The first-order valence-corrected chi connectivity index (χ1v) is 11.5. The lowest BCUT2D eigenvalue weighted by Gasteiger charge is -2.59. The van der Waals surface area contributed by atoms with Gasteiger partial charge in [-0.15, -0.1) is 6.58 Å². The maximum absolute atomic E-state index is 5.74. The van der Waals surface area contributed by atoms with Crippen LogP contribution < -0.4 is 0 Å². The third-order valence-electron chi connectivity index (χ3n) is 10.7. The van der Waals surface area contributed by atoms with E-state index in [2.05, 4.69) is 44.5 Å². The van der Waals surface area contributed by atoms with Crippen molar-refractivity contribution in [3.63, 3.8) is 0 Å². The molecule has 3 saturated carbocycles. The Morgan fingerprint density at radius 2 is 1.96 bits per heavy atom.